The van der Waals surface area contributed by atoms with E-state index in [1.807, 2.05) is 40.0 Å². The Morgan fingerprint density at radius 2 is 2.00 bits per heavy atom. The van der Waals surface area contributed by atoms with Gasteiger partial charge < -0.3 is 15.4 Å². The Morgan fingerprint density at radius 3 is 2.52 bits per heavy atom. The highest BCUT2D eigenvalue weighted by atomic mass is 16.6. The summed E-state index contributed by atoms with van der Waals surface area (Å²) in [5.74, 6) is 0.593. The molecule has 1 saturated carbocycles. The highest BCUT2D eigenvalue weighted by Crippen LogP contribution is 2.39. The van der Waals surface area contributed by atoms with Gasteiger partial charge >= 0.3 is 6.09 Å². The van der Waals surface area contributed by atoms with Crippen LogP contribution in [0.1, 0.15) is 51.8 Å². The lowest BCUT2D eigenvalue weighted by molar-refractivity contribution is 0.0507. The number of carbonyl (C=O) groups excluding carboxylic acids is 1. The van der Waals surface area contributed by atoms with E-state index in [-0.39, 0.29) is 11.6 Å². The first-order chi connectivity index (χ1) is 10.7. The quantitative estimate of drug-likeness (QED) is 0.845. The molecule has 1 aliphatic rings. The number of pyridine rings is 1. The van der Waals surface area contributed by atoms with Crippen LogP contribution in [0.4, 0.5) is 4.79 Å². The van der Waals surface area contributed by atoms with E-state index < -0.39 is 5.60 Å². The Balaban J connectivity index is 1.88. The van der Waals surface area contributed by atoms with Crippen molar-refractivity contribution in [2.75, 3.05) is 6.54 Å². The van der Waals surface area contributed by atoms with Crippen LogP contribution in [-0.4, -0.2) is 28.8 Å². The van der Waals surface area contributed by atoms with Gasteiger partial charge in [0.25, 0.3) is 0 Å². The fraction of sp³-hybridized carbons (Fsp3) is 0.667. The molecule has 1 fully saturated rings. The maximum absolute atomic E-state index is 11.9. The average Bonchev–Trinajstić information content (AvgIpc) is 3.28. The molecule has 1 heterocycles. The van der Waals surface area contributed by atoms with E-state index in [0.29, 0.717) is 12.5 Å². The van der Waals surface area contributed by atoms with E-state index in [0.717, 1.165) is 17.8 Å². The predicted octanol–water partition coefficient (Wildman–Crippen LogP) is 3.17. The highest BCUT2D eigenvalue weighted by molar-refractivity contribution is 5.67. The molecule has 2 rings (SSSR count). The fourth-order valence-electron chi connectivity index (χ4n) is 2.55. The molecule has 5 heteroatoms. The Labute approximate surface area is 139 Å². The number of nitrogens with one attached hydrogen (secondary N) is 2. The average molecular weight is 319 g/mol. The van der Waals surface area contributed by atoms with Crippen molar-refractivity contribution in [1.29, 1.82) is 0 Å². The highest BCUT2D eigenvalue weighted by Gasteiger charge is 2.41. The van der Waals surface area contributed by atoms with Gasteiger partial charge in [0.1, 0.15) is 5.60 Å². The number of hydrogen-bond acceptors (Lipinski definition) is 4. The summed E-state index contributed by atoms with van der Waals surface area (Å²) >= 11 is 0. The lowest BCUT2D eigenvalue weighted by Gasteiger charge is -2.32. The monoisotopic (exact) mass is 319 g/mol. The number of hydrogen-bond donors (Lipinski definition) is 2. The summed E-state index contributed by atoms with van der Waals surface area (Å²) in [6, 6.07) is 4.11. The largest absolute Gasteiger partial charge is 0.444 e. The van der Waals surface area contributed by atoms with Crippen molar-refractivity contribution >= 4 is 6.09 Å². The maximum Gasteiger partial charge on any atom is 0.407 e. The second-order valence-electron chi connectivity index (χ2n) is 7.71. The lowest BCUT2D eigenvalue weighted by Crippen LogP contribution is -2.53. The zero-order chi connectivity index (χ0) is 17.1. The minimum atomic E-state index is -0.471. The Bertz CT molecular complexity index is 532. The van der Waals surface area contributed by atoms with Gasteiger partial charge in [-0.3, -0.25) is 4.98 Å². The minimum absolute atomic E-state index is 0.123. The van der Waals surface area contributed by atoms with Crippen molar-refractivity contribution in [3.05, 3.63) is 29.6 Å². The summed E-state index contributed by atoms with van der Waals surface area (Å²) in [5.41, 5.74) is 1.58. The third kappa shape index (κ3) is 5.82. The summed E-state index contributed by atoms with van der Waals surface area (Å²) in [6.07, 6.45) is 3.94. The summed E-state index contributed by atoms with van der Waals surface area (Å²) in [4.78, 5) is 16.2. The SMILES string of the molecule is Cc1ccc(CNC(C)(CNC(=O)OC(C)(C)C)C2CC2)cn1. The van der Waals surface area contributed by atoms with E-state index in [1.54, 1.807) is 0 Å². The molecule has 128 valence electrons. The Morgan fingerprint density at radius 1 is 1.30 bits per heavy atom. The molecule has 0 aromatic carbocycles. The fourth-order valence-corrected chi connectivity index (χ4v) is 2.55. The third-order valence-corrected chi connectivity index (χ3v) is 4.15. The molecule has 5 nitrogen and oxygen atoms in total. The number of alkyl carbamates (subject to hydrolysis) is 1. The molecule has 2 N–H and O–H groups in total. The zero-order valence-corrected chi connectivity index (χ0v) is 14.9. The third-order valence-electron chi connectivity index (χ3n) is 4.15. The molecule has 1 atom stereocenters. The summed E-state index contributed by atoms with van der Waals surface area (Å²) < 4.78 is 5.32. The molecule has 0 bridgehead atoms. The number of aryl methyl sites for hydroxylation is 1. The first kappa shape index (κ1) is 17.7. The number of amides is 1. The standard InChI is InChI=1S/C18H29N3O2/c1-13-6-7-14(10-19-13)11-21-18(5,15-8-9-15)12-20-16(22)23-17(2,3)4/h6-7,10,15,21H,8-9,11-12H2,1-5H3,(H,20,22). The summed E-state index contributed by atoms with van der Waals surface area (Å²) in [7, 11) is 0. The van der Waals surface area contributed by atoms with Crippen molar-refractivity contribution < 1.29 is 9.53 Å². The number of ether oxygens (including phenoxy) is 1. The van der Waals surface area contributed by atoms with Gasteiger partial charge in [-0.15, -0.1) is 0 Å². The number of carbonyl (C=O) groups is 1. The second-order valence-corrected chi connectivity index (χ2v) is 7.71. The molecule has 1 aromatic heterocycles. The molecule has 0 saturated heterocycles. The van der Waals surface area contributed by atoms with Crippen LogP contribution in [0, 0.1) is 12.8 Å². The van der Waals surface area contributed by atoms with Crippen LogP contribution in [0.15, 0.2) is 18.3 Å². The van der Waals surface area contributed by atoms with Gasteiger partial charge in [-0.2, -0.15) is 0 Å². The van der Waals surface area contributed by atoms with Crippen molar-refractivity contribution in [2.45, 2.75) is 65.1 Å². The van der Waals surface area contributed by atoms with Crippen LogP contribution in [0.5, 0.6) is 0 Å². The van der Waals surface area contributed by atoms with E-state index >= 15 is 0 Å². The predicted molar refractivity (Wildman–Crippen MR) is 91.2 cm³/mol. The molecule has 1 aliphatic carbocycles. The van der Waals surface area contributed by atoms with Gasteiger partial charge in [-0.05, 0) is 65.0 Å². The van der Waals surface area contributed by atoms with Crippen LogP contribution in [0.3, 0.4) is 0 Å². The summed E-state index contributed by atoms with van der Waals surface area (Å²) in [6.45, 7) is 11.1. The van der Waals surface area contributed by atoms with Crippen LogP contribution >= 0.6 is 0 Å². The van der Waals surface area contributed by atoms with Gasteiger partial charge in [0.15, 0.2) is 0 Å². The second kappa shape index (κ2) is 6.87. The van der Waals surface area contributed by atoms with Gasteiger partial charge in [-0.25, -0.2) is 4.79 Å². The van der Waals surface area contributed by atoms with E-state index in [1.165, 1.54) is 12.8 Å². The number of aromatic nitrogens is 1. The van der Waals surface area contributed by atoms with Crippen LogP contribution in [-0.2, 0) is 11.3 Å². The van der Waals surface area contributed by atoms with E-state index in [2.05, 4.69) is 28.6 Å². The van der Waals surface area contributed by atoms with Crippen LogP contribution in [0.25, 0.3) is 0 Å². The molecule has 0 radical (unpaired) electrons. The summed E-state index contributed by atoms with van der Waals surface area (Å²) in [5, 5.41) is 6.51. The molecular formula is C18H29N3O2. The lowest BCUT2D eigenvalue weighted by atomic mass is 9.95. The smallest absolute Gasteiger partial charge is 0.407 e. The van der Waals surface area contributed by atoms with E-state index in [9.17, 15) is 4.79 Å². The first-order valence-electron chi connectivity index (χ1n) is 8.31. The number of rotatable bonds is 6. The Kier molecular flexibility index (Phi) is 5.30. The van der Waals surface area contributed by atoms with Gasteiger partial charge in [0.05, 0.1) is 0 Å². The van der Waals surface area contributed by atoms with Gasteiger partial charge in [0.2, 0.25) is 0 Å². The van der Waals surface area contributed by atoms with Gasteiger partial charge in [0, 0.05) is 30.5 Å². The minimum Gasteiger partial charge on any atom is -0.444 e. The van der Waals surface area contributed by atoms with Crippen LogP contribution in [0.2, 0.25) is 0 Å². The zero-order valence-electron chi connectivity index (χ0n) is 14.9. The molecule has 1 amide bonds. The van der Waals surface area contributed by atoms with Crippen molar-refractivity contribution in [3.8, 4) is 0 Å². The molecule has 23 heavy (non-hydrogen) atoms. The molecule has 0 aliphatic heterocycles. The van der Waals surface area contributed by atoms with Crippen LogP contribution < -0.4 is 10.6 Å². The van der Waals surface area contributed by atoms with E-state index in [4.69, 9.17) is 4.74 Å². The molecule has 1 aromatic rings. The Hall–Kier alpha value is -1.62. The normalized spacial score (nSPS) is 17.4. The maximum atomic E-state index is 11.9. The van der Waals surface area contributed by atoms with Crippen molar-refractivity contribution in [2.24, 2.45) is 5.92 Å². The molecular weight excluding hydrogens is 290 g/mol. The topological polar surface area (TPSA) is 63.2 Å². The molecule has 0 spiro atoms. The van der Waals surface area contributed by atoms with Crippen molar-refractivity contribution in [1.82, 2.24) is 15.6 Å². The number of nitrogens with zero attached hydrogens (tertiary/aromatic N) is 1. The first-order valence-corrected chi connectivity index (χ1v) is 8.31. The van der Waals surface area contributed by atoms with Crippen molar-refractivity contribution in [3.63, 3.8) is 0 Å². The molecule has 1 unspecified atom stereocenters. The van der Waals surface area contributed by atoms with Gasteiger partial charge in [-0.1, -0.05) is 6.07 Å².